The van der Waals surface area contributed by atoms with Crippen molar-refractivity contribution in [3.05, 3.63) is 33.1 Å². The van der Waals surface area contributed by atoms with Crippen LogP contribution in [0.3, 0.4) is 0 Å². The van der Waals surface area contributed by atoms with Gasteiger partial charge in [-0.2, -0.15) is 0 Å². The summed E-state index contributed by atoms with van der Waals surface area (Å²) < 4.78 is 19.0. The van der Waals surface area contributed by atoms with E-state index in [-0.39, 0.29) is 19.3 Å². The Morgan fingerprint density at radius 3 is 2.43 bits per heavy atom. The lowest BCUT2D eigenvalue weighted by atomic mass is 9.91. The number of nitrogens with one attached hydrogen (secondary N) is 1. The van der Waals surface area contributed by atoms with Crippen molar-refractivity contribution in [2.24, 2.45) is 5.92 Å². The lowest BCUT2D eigenvalue weighted by molar-refractivity contribution is -0.0199. The number of aromatic amines is 1. The Bertz CT molecular complexity index is 861. The number of aliphatic hydroxyl groups excluding tert-OH is 2. The minimum Gasteiger partial charge on any atom is -0.390 e. The molecule has 1 aliphatic carbocycles. The lowest BCUT2D eigenvalue weighted by Gasteiger charge is -2.36. The van der Waals surface area contributed by atoms with Crippen LogP contribution in [0.25, 0.3) is 0 Å². The summed E-state index contributed by atoms with van der Waals surface area (Å²) in [6.07, 6.45) is -0.892. The number of nitrogens with zero attached hydrogens (tertiary/aromatic N) is 1. The van der Waals surface area contributed by atoms with Crippen molar-refractivity contribution in [1.82, 2.24) is 9.55 Å². The number of hydrogen-bond donors (Lipinski definition) is 5. The van der Waals surface area contributed by atoms with Gasteiger partial charge in [-0.25, -0.2) is 4.79 Å². The Morgan fingerprint density at radius 2 is 1.89 bits per heavy atom. The second-order valence-electron chi connectivity index (χ2n) is 8.21. The molecule has 0 aromatic carbocycles. The SMILES string of the molecule is CC[C@](C)(O)P(=O)(O)OC(C)(C)C[C@H]1C[C@@H](n2ccc(=O)[nH]c2=O)[C@H](O)[C@@H]1O. The van der Waals surface area contributed by atoms with Crippen LogP contribution < -0.4 is 11.2 Å². The fraction of sp³-hybridized carbons (Fsp3) is 0.765. The molecule has 1 aromatic heterocycles. The summed E-state index contributed by atoms with van der Waals surface area (Å²) >= 11 is 0. The first-order chi connectivity index (χ1) is 12.7. The van der Waals surface area contributed by atoms with Crippen LogP contribution in [0, 0.1) is 5.92 Å². The third-order valence-corrected chi connectivity index (χ3v) is 7.66. The molecule has 6 atom stereocenters. The summed E-state index contributed by atoms with van der Waals surface area (Å²) in [7, 11) is -4.38. The van der Waals surface area contributed by atoms with Crippen LogP contribution in [0.1, 0.15) is 53.0 Å². The zero-order valence-electron chi connectivity index (χ0n) is 16.4. The smallest absolute Gasteiger partial charge is 0.359 e. The fourth-order valence-corrected chi connectivity index (χ4v) is 4.91. The minimum absolute atomic E-state index is 0.0127. The van der Waals surface area contributed by atoms with E-state index in [2.05, 4.69) is 4.98 Å². The molecule has 2 rings (SSSR count). The summed E-state index contributed by atoms with van der Waals surface area (Å²) in [6, 6.07) is 0.384. The fourth-order valence-electron chi connectivity index (χ4n) is 3.57. The highest BCUT2D eigenvalue weighted by atomic mass is 31.2. The highest BCUT2D eigenvalue weighted by Crippen LogP contribution is 2.58. The molecule has 1 aromatic rings. The predicted molar refractivity (Wildman–Crippen MR) is 101 cm³/mol. The molecule has 1 heterocycles. The Balaban J connectivity index is 2.19. The molecular formula is C17H29N2O8P. The van der Waals surface area contributed by atoms with Crippen molar-refractivity contribution < 1.29 is 29.3 Å². The van der Waals surface area contributed by atoms with Gasteiger partial charge in [0.1, 0.15) is 6.10 Å². The number of H-pyrrole nitrogens is 1. The van der Waals surface area contributed by atoms with Crippen molar-refractivity contribution in [1.29, 1.82) is 0 Å². The van der Waals surface area contributed by atoms with Crippen LogP contribution in [-0.4, -0.2) is 52.9 Å². The molecule has 0 saturated heterocycles. The zero-order chi connectivity index (χ0) is 21.5. The highest BCUT2D eigenvalue weighted by Gasteiger charge is 2.49. The first-order valence-electron chi connectivity index (χ1n) is 9.14. The van der Waals surface area contributed by atoms with E-state index in [1.165, 1.54) is 13.1 Å². The van der Waals surface area contributed by atoms with E-state index >= 15 is 0 Å². The second kappa shape index (κ2) is 7.85. The molecule has 1 saturated carbocycles. The van der Waals surface area contributed by atoms with E-state index in [1.54, 1.807) is 20.8 Å². The van der Waals surface area contributed by atoms with E-state index in [1.807, 2.05) is 0 Å². The maximum atomic E-state index is 12.5. The van der Waals surface area contributed by atoms with Gasteiger partial charge in [0, 0.05) is 12.3 Å². The maximum absolute atomic E-state index is 12.5. The average molecular weight is 420 g/mol. The van der Waals surface area contributed by atoms with Gasteiger partial charge >= 0.3 is 13.3 Å². The molecule has 1 aliphatic rings. The molecule has 5 N–H and O–H groups in total. The number of aliphatic hydroxyl groups is 3. The second-order valence-corrected chi connectivity index (χ2v) is 10.4. The molecule has 160 valence electrons. The molecule has 1 unspecified atom stereocenters. The van der Waals surface area contributed by atoms with Gasteiger partial charge < -0.3 is 24.7 Å². The van der Waals surface area contributed by atoms with Crippen molar-refractivity contribution in [2.45, 2.75) is 76.2 Å². The number of hydrogen-bond acceptors (Lipinski definition) is 7. The molecule has 0 spiro atoms. The predicted octanol–water partition coefficient (Wildman–Crippen LogP) is 0.309. The summed E-state index contributed by atoms with van der Waals surface area (Å²) in [5, 5.41) is 29.0. The number of aromatic nitrogens is 2. The van der Waals surface area contributed by atoms with E-state index < -0.39 is 54.0 Å². The number of rotatable bonds is 7. The van der Waals surface area contributed by atoms with Crippen LogP contribution in [0.4, 0.5) is 0 Å². The molecule has 1 fully saturated rings. The first kappa shape index (κ1) is 23.0. The summed E-state index contributed by atoms with van der Waals surface area (Å²) in [6.45, 7) is 5.89. The van der Waals surface area contributed by atoms with Crippen molar-refractivity contribution in [2.75, 3.05) is 0 Å². The Hall–Kier alpha value is -1.29. The van der Waals surface area contributed by atoms with E-state index in [9.17, 15) is 34.4 Å². The zero-order valence-corrected chi connectivity index (χ0v) is 17.3. The Morgan fingerprint density at radius 1 is 1.29 bits per heavy atom. The topological polar surface area (TPSA) is 162 Å². The van der Waals surface area contributed by atoms with Gasteiger partial charge in [0.15, 0.2) is 5.34 Å². The van der Waals surface area contributed by atoms with Crippen LogP contribution in [0.5, 0.6) is 0 Å². The van der Waals surface area contributed by atoms with Crippen molar-refractivity contribution in [3.63, 3.8) is 0 Å². The maximum Gasteiger partial charge on any atom is 0.359 e. The lowest BCUT2D eigenvalue weighted by Crippen LogP contribution is -2.37. The van der Waals surface area contributed by atoms with Gasteiger partial charge in [-0.15, -0.1) is 0 Å². The van der Waals surface area contributed by atoms with E-state index in [0.29, 0.717) is 0 Å². The highest BCUT2D eigenvalue weighted by molar-refractivity contribution is 7.54. The van der Waals surface area contributed by atoms with Gasteiger partial charge in [0.05, 0.1) is 17.7 Å². The molecular weight excluding hydrogens is 391 g/mol. The summed E-state index contributed by atoms with van der Waals surface area (Å²) in [4.78, 5) is 35.5. The third-order valence-electron chi connectivity index (χ3n) is 5.38. The Labute approximate surface area is 162 Å². The van der Waals surface area contributed by atoms with Gasteiger partial charge in [0.25, 0.3) is 5.56 Å². The molecule has 0 radical (unpaired) electrons. The van der Waals surface area contributed by atoms with E-state index in [4.69, 9.17) is 4.52 Å². The molecule has 0 bridgehead atoms. The van der Waals surface area contributed by atoms with Gasteiger partial charge in [-0.3, -0.25) is 18.9 Å². The first-order valence-corrected chi connectivity index (χ1v) is 10.7. The standard InChI is InChI=1S/C17H29N2O8P/c1-5-17(4,24)28(25,26)27-16(2,3)9-10-8-11(14(22)13(10)21)19-7-6-12(20)18-15(19)23/h6-7,10-11,13-14,21-22,24H,5,8-9H2,1-4H3,(H,25,26)(H,18,20,23)/t10-,11-,13-,14+,17-/m1/s1. The minimum atomic E-state index is -4.38. The van der Waals surface area contributed by atoms with Crippen molar-refractivity contribution in [3.8, 4) is 0 Å². The molecule has 28 heavy (non-hydrogen) atoms. The molecule has 11 heteroatoms. The average Bonchev–Trinajstić information content (AvgIpc) is 2.81. The Kier molecular flexibility index (Phi) is 6.45. The van der Waals surface area contributed by atoms with Crippen LogP contribution in [-0.2, 0) is 9.09 Å². The van der Waals surface area contributed by atoms with Crippen LogP contribution in [0.2, 0.25) is 0 Å². The normalized spacial score (nSPS) is 30.0. The van der Waals surface area contributed by atoms with E-state index in [0.717, 1.165) is 10.6 Å². The largest absolute Gasteiger partial charge is 0.390 e. The van der Waals surface area contributed by atoms with Crippen molar-refractivity contribution >= 4 is 7.60 Å². The van der Waals surface area contributed by atoms with Crippen LogP contribution in [0.15, 0.2) is 21.9 Å². The monoisotopic (exact) mass is 420 g/mol. The molecule has 10 nitrogen and oxygen atoms in total. The molecule has 0 aliphatic heterocycles. The van der Waals surface area contributed by atoms with Gasteiger partial charge in [-0.1, -0.05) is 6.92 Å². The quantitative estimate of drug-likeness (QED) is 0.394. The summed E-state index contributed by atoms with van der Waals surface area (Å²) in [5.74, 6) is -0.541. The van der Waals surface area contributed by atoms with Gasteiger partial charge in [-0.05, 0) is 46.0 Å². The van der Waals surface area contributed by atoms with Crippen LogP contribution >= 0.6 is 7.60 Å². The third kappa shape index (κ3) is 4.64. The van der Waals surface area contributed by atoms with Gasteiger partial charge in [0.2, 0.25) is 0 Å². The molecule has 0 amide bonds. The summed E-state index contributed by atoms with van der Waals surface area (Å²) in [5.41, 5.74) is -2.46.